The van der Waals surface area contributed by atoms with Crippen molar-refractivity contribution < 1.29 is 9.53 Å². The highest BCUT2D eigenvalue weighted by atomic mass is 35.5. The molecule has 0 aliphatic rings. The molecule has 2 rings (SSSR count). The van der Waals surface area contributed by atoms with E-state index in [9.17, 15) is 4.79 Å². The molecule has 106 valence electrons. The number of carbonyl (C=O) groups excluding carboxylic acids is 1. The molecule has 0 radical (unpaired) electrons. The Morgan fingerprint density at radius 3 is 2.70 bits per heavy atom. The Kier molecular flexibility index (Phi) is 4.39. The van der Waals surface area contributed by atoms with Crippen LogP contribution in [0.2, 0.25) is 5.02 Å². The summed E-state index contributed by atoms with van der Waals surface area (Å²) in [6.07, 6.45) is 3.36. The molecule has 0 unspecified atom stereocenters. The summed E-state index contributed by atoms with van der Waals surface area (Å²) in [5.41, 5.74) is 1.25. The van der Waals surface area contributed by atoms with Gasteiger partial charge in [-0.15, -0.1) is 0 Å². The summed E-state index contributed by atoms with van der Waals surface area (Å²) in [6.45, 7) is 3.91. The van der Waals surface area contributed by atoms with Gasteiger partial charge in [-0.3, -0.25) is 9.48 Å². The SMILES string of the molecule is COc1ccc(CC(=O)c2c(Cl)cnn2C(C)C)cn1. The zero-order valence-corrected chi connectivity index (χ0v) is 12.4. The first-order valence-electron chi connectivity index (χ1n) is 6.28. The molecule has 0 saturated heterocycles. The van der Waals surface area contributed by atoms with E-state index in [4.69, 9.17) is 16.3 Å². The van der Waals surface area contributed by atoms with Crippen LogP contribution in [-0.4, -0.2) is 27.7 Å². The van der Waals surface area contributed by atoms with Crippen molar-refractivity contribution in [2.75, 3.05) is 7.11 Å². The van der Waals surface area contributed by atoms with Gasteiger partial charge in [-0.25, -0.2) is 4.98 Å². The first-order valence-corrected chi connectivity index (χ1v) is 6.66. The van der Waals surface area contributed by atoms with Crippen LogP contribution in [-0.2, 0) is 6.42 Å². The Morgan fingerprint density at radius 2 is 2.15 bits per heavy atom. The van der Waals surface area contributed by atoms with Gasteiger partial charge in [0.25, 0.3) is 0 Å². The number of ether oxygens (including phenoxy) is 1. The molecule has 0 spiro atoms. The number of carbonyl (C=O) groups is 1. The summed E-state index contributed by atoms with van der Waals surface area (Å²) in [7, 11) is 1.55. The molecule has 0 fully saturated rings. The minimum Gasteiger partial charge on any atom is -0.481 e. The summed E-state index contributed by atoms with van der Waals surface area (Å²) in [5, 5.41) is 4.51. The number of hydrogen-bond donors (Lipinski definition) is 0. The maximum atomic E-state index is 12.4. The van der Waals surface area contributed by atoms with Crippen LogP contribution < -0.4 is 4.74 Å². The monoisotopic (exact) mass is 293 g/mol. The molecule has 2 aromatic rings. The van der Waals surface area contributed by atoms with Crippen molar-refractivity contribution in [2.24, 2.45) is 0 Å². The number of methoxy groups -OCH3 is 1. The zero-order valence-electron chi connectivity index (χ0n) is 11.6. The summed E-state index contributed by atoms with van der Waals surface area (Å²) in [5.74, 6) is 0.444. The summed E-state index contributed by atoms with van der Waals surface area (Å²) < 4.78 is 6.63. The fourth-order valence-electron chi connectivity index (χ4n) is 1.90. The average Bonchev–Trinajstić information content (AvgIpc) is 2.81. The van der Waals surface area contributed by atoms with E-state index in [-0.39, 0.29) is 18.2 Å². The third-order valence-electron chi connectivity index (χ3n) is 2.88. The van der Waals surface area contributed by atoms with Crippen LogP contribution in [0.25, 0.3) is 0 Å². The number of rotatable bonds is 5. The summed E-state index contributed by atoms with van der Waals surface area (Å²) in [4.78, 5) is 16.5. The lowest BCUT2D eigenvalue weighted by atomic mass is 10.1. The molecular weight excluding hydrogens is 278 g/mol. The Labute approximate surface area is 122 Å². The van der Waals surface area contributed by atoms with Crippen molar-refractivity contribution in [1.82, 2.24) is 14.8 Å². The topological polar surface area (TPSA) is 57.0 Å². The van der Waals surface area contributed by atoms with Crippen LogP contribution in [0.15, 0.2) is 24.5 Å². The van der Waals surface area contributed by atoms with Gasteiger partial charge in [0, 0.05) is 24.7 Å². The van der Waals surface area contributed by atoms with E-state index in [0.717, 1.165) is 5.56 Å². The molecule has 0 bridgehead atoms. The third-order valence-corrected chi connectivity index (χ3v) is 3.15. The van der Waals surface area contributed by atoms with E-state index in [0.29, 0.717) is 16.6 Å². The zero-order chi connectivity index (χ0) is 14.7. The Morgan fingerprint density at radius 1 is 1.40 bits per heavy atom. The van der Waals surface area contributed by atoms with Crippen molar-refractivity contribution in [2.45, 2.75) is 26.3 Å². The molecule has 6 heteroatoms. The van der Waals surface area contributed by atoms with Crippen molar-refractivity contribution >= 4 is 17.4 Å². The van der Waals surface area contributed by atoms with Crippen LogP contribution in [0.5, 0.6) is 5.88 Å². The highest BCUT2D eigenvalue weighted by Gasteiger charge is 2.19. The molecule has 2 aromatic heterocycles. The quantitative estimate of drug-likeness (QED) is 0.795. The average molecular weight is 294 g/mol. The second-order valence-electron chi connectivity index (χ2n) is 4.69. The lowest BCUT2D eigenvalue weighted by molar-refractivity contribution is 0.0981. The van der Waals surface area contributed by atoms with Crippen LogP contribution in [0, 0.1) is 0 Å². The number of pyridine rings is 1. The highest BCUT2D eigenvalue weighted by Crippen LogP contribution is 2.21. The van der Waals surface area contributed by atoms with Crippen LogP contribution in [0.3, 0.4) is 0 Å². The molecule has 0 aliphatic heterocycles. The second kappa shape index (κ2) is 6.05. The number of Topliss-reactive ketones (excluding diaryl/α,β-unsaturated/α-hetero) is 1. The smallest absolute Gasteiger partial charge is 0.212 e. The molecule has 20 heavy (non-hydrogen) atoms. The lowest BCUT2D eigenvalue weighted by Crippen LogP contribution is -2.14. The van der Waals surface area contributed by atoms with Gasteiger partial charge < -0.3 is 4.74 Å². The molecule has 2 heterocycles. The summed E-state index contributed by atoms with van der Waals surface area (Å²) in [6, 6.07) is 3.62. The lowest BCUT2D eigenvalue weighted by Gasteiger charge is -2.10. The Balaban J connectivity index is 2.21. The number of halogens is 1. The second-order valence-corrected chi connectivity index (χ2v) is 5.10. The van der Waals surface area contributed by atoms with E-state index in [1.807, 2.05) is 19.9 Å². The normalized spacial score (nSPS) is 10.8. The molecule has 0 N–H and O–H groups in total. The Hall–Kier alpha value is -1.88. The molecule has 0 saturated carbocycles. The van der Waals surface area contributed by atoms with Crippen LogP contribution >= 0.6 is 11.6 Å². The van der Waals surface area contributed by atoms with Crippen molar-refractivity contribution in [1.29, 1.82) is 0 Å². The third kappa shape index (κ3) is 2.99. The maximum Gasteiger partial charge on any atom is 0.212 e. The fraction of sp³-hybridized carbons (Fsp3) is 0.357. The van der Waals surface area contributed by atoms with Crippen molar-refractivity contribution in [3.63, 3.8) is 0 Å². The fourth-order valence-corrected chi connectivity index (χ4v) is 2.13. The summed E-state index contributed by atoms with van der Waals surface area (Å²) >= 11 is 6.06. The first-order chi connectivity index (χ1) is 9.52. The maximum absolute atomic E-state index is 12.4. The predicted octanol–water partition coefficient (Wildman–Crippen LogP) is 2.95. The van der Waals surface area contributed by atoms with Gasteiger partial charge in [0.05, 0.1) is 18.3 Å². The van der Waals surface area contributed by atoms with Crippen LogP contribution in [0.1, 0.15) is 35.9 Å². The van der Waals surface area contributed by atoms with Gasteiger partial charge in [0.2, 0.25) is 5.88 Å². The highest BCUT2D eigenvalue weighted by molar-refractivity contribution is 6.33. The van der Waals surface area contributed by atoms with E-state index >= 15 is 0 Å². The van der Waals surface area contributed by atoms with Gasteiger partial charge >= 0.3 is 0 Å². The Bertz CT molecular complexity index is 605. The van der Waals surface area contributed by atoms with Crippen molar-refractivity contribution in [3.8, 4) is 5.88 Å². The number of nitrogens with zero attached hydrogens (tertiary/aromatic N) is 3. The minimum absolute atomic E-state index is 0.0758. The molecular formula is C14H16ClN3O2. The standard InChI is InChI=1S/C14H16ClN3O2/c1-9(2)18-14(11(15)8-17-18)12(19)6-10-4-5-13(20-3)16-7-10/h4-5,7-9H,6H2,1-3H3. The minimum atomic E-state index is -0.0758. The van der Waals surface area contributed by atoms with Gasteiger partial charge in [0.15, 0.2) is 5.78 Å². The predicted molar refractivity (Wildman–Crippen MR) is 76.4 cm³/mol. The van der Waals surface area contributed by atoms with Gasteiger partial charge in [-0.2, -0.15) is 5.10 Å². The van der Waals surface area contributed by atoms with Gasteiger partial charge in [-0.1, -0.05) is 17.7 Å². The van der Waals surface area contributed by atoms with Gasteiger partial charge in [-0.05, 0) is 19.4 Å². The van der Waals surface area contributed by atoms with Crippen molar-refractivity contribution in [3.05, 3.63) is 40.8 Å². The van der Waals surface area contributed by atoms with Gasteiger partial charge in [0.1, 0.15) is 5.69 Å². The molecule has 0 aliphatic carbocycles. The van der Waals surface area contributed by atoms with E-state index in [1.54, 1.807) is 24.1 Å². The van der Waals surface area contributed by atoms with E-state index in [2.05, 4.69) is 10.1 Å². The molecule has 5 nitrogen and oxygen atoms in total. The first kappa shape index (κ1) is 14.5. The number of hydrogen-bond acceptors (Lipinski definition) is 4. The number of aromatic nitrogens is 3. The largest absolute Gasteiger partial charge is 0.481 e. The molecule has 0 atom stereocenters. The van der Waals surface area contributed by atoms with Crippen LogP contribution in [0.4, 0.5) is 0 Å². The molecule has 0 aromatic carbocycles. The molecule has 0 amide bonds. The number of ketones is 1. The van der Waals surface area contributed by atoms with E-state index < -0.39 is 0 Å². The van der Waals surface area contributed by atoms with E-state index in [1.165, 1.54) is 6.20 Å².